The van der Waals surface area contributed by atoms with E-state index in [1.807, 2.05) is 32.9 Å². The number of carbonyl (C=O) groups is 4. The van der Waals surface area contributed by atoms with Gasteiger partial charge in [0, 0.05) is 31.7 Å². The van der Waals surface area contributed by atoms with Crippen molar-refractivity contribution in [1.82, 2.24) is 20.5 Å². The molecule has 0 saturated carbocycles. The van der Waals surface area contributed by atoms with Crippen molar-refractivity contribution >= 4 is 62.8 Å². The highest BCUT2D eigenvalue weighted by Crippen LogP contribution is 2.31. The molecule has 3 heterocycles. The molecule has 0 radical (unpaired) electrons. The van der Waals surface area contributed by atoms with E-state index in [1.165, 1.54) is 23.1 Å². The lowest BCUT2D eigenvalue weighted by molar-refractivity contribution is -0.123. The molecule has 2 fully saturated rings. The SMILES string of the molecule is CC(C)(C)OC(=O)N1CC(NC(=O)CSc2nc3ccc(NC(=O)C4CNC(=O)C4)cc3s2)C1. The van der Waals surface area contributed by atoms with Gasteiger partial charge in [0.15, 0.2) is 4.34 Å². The number of nitrogens with one attached hydrogen (secondary N) is 3. The number of thiazole rings is 1. The van der Waals surface area contributed by atoms with Gasteiger partial charge in [-0.1, -0.05) is 11.8 Å². The van der Waals surface area contributed by atoms with Crippen LogP contribution in [0.15, 0.2) is 22.5 Å². The maximum absolute atomic E-state index is 12.3. The number of aromatic nitrogens is 1. The van der Waals surface area contributed by atoms with Gasteiger partial charge in [-0.3, -0.25) is 14.4 Å². The number of carbonyl (C=O) groups excluding carboxylic acids is 4. The molecule has 182 valence electrons. The van der Waals surface area contributed by atoms with Crippen LogP contribution in [-0.2, 0) is 19.1 Å². The van der Waals surface area contributed by atoms with Gasteiger partial charge in [0.1, 0.15) is 5.60 Å². The first-order chi connectivity index (χ1) is 16.1. The van der Waals surface area contributed by atoms with Crippen molar-refractivity contribution < 1.29 is 23.9 Å². The molecule has 1 aromatic carbocycles. The molecule has 4 rings (SSSR count). The zero-order valence-corrected chi connectivity index (χ0v) is 20.8. The largest absolute Gasteiger partial charge is 0.444 e. The summed E-state index contributed by atoms with van der Waals surface area (Å²) < 4.78 is 6.96. The van der Waals surface area contributed by atoms with Crippen LogP contribution in [0.3, 0.4) is 0 Å². The van der Waals surface area contributed by atoms with Gasteiger partial charge >= 0.3 is 6.09 Å². The fourth-order valence-electron chi connectivity index (χ4n) is 3.52. The molecule has 4 amide bonds. The van der Waals surface area contributed by atoms with Crippen LogP contribution in [0.5, 0.6) is 0 Å². The lowest BCUT2D eigenvalue weighted by atomic mass is 10.1. The van der Waals surface area contributed by atoms with Crippen LogP contribution in [0, 0.1) is 5.92 Å². The highest BCUT2D eigenvalue weighted by Gasteiger charge is 2.34. The second-order valence-corrected chi connectivity index (χ2v) is 11.5. The minimum Gasteiger partial charge on any atom is -0.444 e. The normalized spacial score (nSPS) is 18.4. The number of hydrogen-bond donors (Lipinski definition) is 3. The number of anilines is 1. The molecule has 2 aromatic rings. The van der Waals surface area contributed by atoms with Gasteiger partial charge in [0.2, 0.25) is 17.7 Å². The van der Waals surface area contributed by atoms with E-state index >= 15 is 0 Å². The molecule has 1 atom stereocenters. The number of rotatable bonds is 6. The number of thioether (sulfide) groups is 1. The number of nitrogens with zero attached hydrogens (tertiary/aromatic N) is 2. The van der Waals surface area contributed by atoms with Crippen LogP contribution >= 0.6 is 23.1 Å². The van der Waals surface area contributed by atoms with Crippen LogP contribution in [-0.4, -0.2) is 70.7 Å². The zero-order chi connectivity index (χ0) is 24.5. The van der Waals surface area contributed by atoms with Gasteiger partial charge in [-0.25, -0.2) is 9.78 Å². The molecule has 1 unspecified atom stereocenters. The number of ether oxygens (including phenoxy) is 1. The lowest BCUT2D eigenvalue weighted by Gasteiger charge is -2.39. The number of benzene rings is 1. The predicted octanol–water partition coefficient (Wildman–Crippen LogP) is 2.20. The average Bonchev–Trinajstić information content (AvgIpc) is 3.32. The Bertz CT molecular complexity index is 1120. The minimum atomic E-state index is -0.542. The third kappa shape index (κ3) is 6.17. The molecule has 12 heteroatoms. The van der Waals surface area contributed by atoms with E-state index in [0.29, 0.717) is 25.3 Å². The highest BCUT2D eigenvalue weighted by molar-refractivity contribution is 8.01. The monoisotopic (exact) mass is 505 g/mol. The van der Waals surface area contributed by atoms with Crippen molar-refractivity contribution in [3.63, 3.8) is 0 Å². The van der Waals surface area contributed by atoms with Crippen molar-refractivity contribution in [2.24, 2.45) is 5.92 Å². The Kier molecular flexibility index (Phi) is 6.99. The molecule has 2 aliphatic heterocycles. The first-order valence-corrected chi connectivity index (χ1v) is 12.7. The molecule has 2 aliphatic rings. The summed E-state index contributed by atoms with van der Waals surface area (Å²) in [5.74, 6) is -0.558. The van der Waals surface area contributed by atoms with E-state index in [1.54, 1.807) is 11.0 Å². The van der Waals surface area contributed by atoms with Crippen LogP contribution in [0.4, 0.5) is 10.5 Å². The molecular formula is C22H27N5O5S2. The second kappa shape index (κ2) is 9.79. The van der Waals surface area contributed by atoms with Crippen LogP contribution < -0.4 is 16.0 Å². The number of hydrogen-bond acceptors (Lipinski definition) is 8. The summed E-state index contributed by atoms with van der Waals surface area (Å²) >= 11 is 2.79. The Morgan fingerprint density at radius 2 is 2.06 bits per heavy atom. The standard InChI is InChI=1S/C22H27N5O5S2/c1-22(2,3)32-21(31)27-9-14(10-27)24-18(29)11-33-20-26-15-5-4-13(7-16(15)34-20)25-19(30)12-6-17(28)23-8-12/h4-5,7,12,14H,6,8-11H2,1-3H3,(H,23,28)(H,24,29)(H,25,30). The summed E-state index contributed by atoms with van der Waals surface area (Å²) in [6, 6.07) is 5.37. The minimum absolute atomic E-state index is 0.0764. The van der Waals surface area contributed by atoms with Crippen molar-refractivity contribution in [3.05, 3.63) is 18.2 Å². The summed E-state index contributed by atoms with van der Waals surface area (Å²) in [5.41, 5.74) is 0.893. The maximum Gasteiger partial charge on any atom is 0.410 e. The fraction of sp³-hybridized carbons (Fsp3) is 0.500. The van der Waals surface area contributed by atoms with E-state index in [2.05, 4.69) is 20.9 Å². The Hall–Kier alpha value is -2.86. The zero-order valence-electron chi connectivity index (χ0n) is 19.2. The first kappa shape index (κ1) is 24.3. The Labute approximate surface area is 205 Å². The molecule has 0 bridgehead atoms. The van der Waals surface area contributed by atoms with E-state index < -0.39 is 5.60 Å². The lowest BCUT2D eigenvalue weighted by Crippen LogP contribution is -2.61. The van der Waals surface area contributed by atoms with E-state index in [-0.39, 0.29) is 47.9 Å². The van der Waals surface area contributed by atoms with E-state index in [9.17, 15) is 19.2 Å². The summed E-state index contributed by atoms with van der Waals surface area (Å²) in [6.07, 6.45) is -0.164. The summed E-state index contributed by atoms with van der Waals surface area (Å²) in [4.78, 5) is 54.0. The van der Waals surface area contributed by atoms with Gasteiger partial charge in [0.05, 0.1) is 27.9 Å². The van der Waals surface area contributed by atoms with E-state index in [4.69, 9.17) is 4.74 Å². The first-order valence-electron chi connectivity index (χ1n) is 10.9. The quantitative estimate of drug-likeness (QED) is 0.513. The maximum atomic E-state index is 12.3. The van der Waals surface area contributed by atoms with Crippen molar-refractivity contribution in [1.29, 1.82) is 0 Å². The summed E-state index contributed by atoms with van der Waals surface area (Å²) in [6.45, 7) is 6.68. The summed E-state index contributed by atoms with van der Waals surface area (Å²) in [5, 5.41) is 8.43. The van der Waals surface area contributed by atoms with Crippen molar-refractivity contribution in [3.8, 4) is 0 Å². The second-order valence-electron chi connectivity index (χ2n) is 9.30. The summed E-state index contributed by atoms with van der Waals surface area (Å²) in [7, 11) is 0. The number of fused-ring (bicyclic) bond motifs is 1. The Morgan fingerprint density at radius 1 is 1.29 bits per heavy atom. The predicted molar refractivity (Wildman–Crippen MR) is 130 cm³/mol. The van der Waals surface area contributed by atoms with E-state index in [0.717, 1.165) is 14.6 Å². The molecule has 0 aliphatic carbocycles. The highest BCUT2D eigenvalue weighted by atomic mass is 32.2. The van der Waals surface area contributed by atoms with Crippen LogP contribution in [0.1, 0.15) is 27.2 Å². The third-order valence-electron chi connectivity index (χ3n) is 5.21. The topological polar surface area (TPSA) is 130 Å². The van der Waals surface area contributed by atoms with Crippen molar-refractivity contribution in [2.75, 3.05) is 30.7 Å². The van der Waals surface area contributed by atoms with Crippen molar-refractivity contribution in [2.45, 2.75) is 43.2 Å². The molecule has 10 nitrogen and oxygen atoms in total. The molecule has 0 spiro atoms. The molecule has 34 heavy (non-hydrogen) atoms. The number of likely N-dealkylation sites (tertiary alicyclic amines) is 1. The average molecular weight is 506 g/mol. The van der Waals surface area contributed by atoms with Gasteiger partial charge in [-0.2, -0.15) is 0 Å². The van der Waals surface area contributed by atoms with Gasteiger partial charge in [-0.05, 0) is 39.0 Å². The third-order valence-corrected chi connectivity index (χ3v) is 7.37. The van der Waals surface area contributed by atoms with Gasteiger partial charge in [-0.15, -0.1) is 11.3 Å². The molecular weight excluding hydrogens is 478 g/mol. The molecule has 1 aromatic heterocycles. The Balaban J connectivity index is 1.23. The molecule has 2 saturated heterocycles. The van der Waals surface area contributed by atoms with Crippen LogP contribution in [0.25, 0.3) is 10.2 Å². The fourth-order valence-corrected chi connectivity index (χ4v) is 5.44. The van der Waals surface area contributed by atoms with Gasteiger partial charge in [0.25, 0.3) is 0 Å². The number of amides is 4. The van der Waals surface area contributed by atoms with Gasteiger partial charge < -0.3 is 25.6 Å². The van der Waals surface area contributed by atoms with Crippen LogP contribution in [0.2, 0.25) is 0 Å². The smallest absolute Gasteiger partial charge is 0.410 e. The Morgan fingerprint density at radius 3 is 2.74 bits per heavy atom. The molecule has 3 N–H and O–H groups in total.